The molecule has 1 saturated heterocycles. The summed E-state index contributed by atoms with van der Waals surface area (Å²) in [6, 6.07) is 1.28. The van der Waals surface area contributed by atoms with Crippen molar-refractivity contribution in [2.45, 2.75) is 36.6 Å². The quantitative estimate of drug-likeness (QED) is 0.797. The fourth-order valence-corrected chi connectivity index (χ4v) is 4.62. The Morgan fingerprint density at radius 3 is 2.71 bits per heavy atom. The molecule has 0 aromatic carbocycles. The first-order valence-electron chi connectivity index (χ1n) is 7.06. The molecule has 118 valence electrons. The van der Waals surface area contributed by atoms with Gasteiger partial charge in [0, 0.05) is 25.8 Å². The molecule has 1 atom stereocenters. The van der Waals surface area contributed by atoms with Gasteiger partial charge in [-0.05, 0) is 31.9 Å². The van der Waals surface area contributed by atoms with Gasteiger partial charge in [0.15, 0.2) is 0 Å². The maximum absolute atomic E-state index is 12.8. The van der Waals surface area contributed by atoms with Crippen molar-refractivity contribution in [3.63, 3.8) is 0 Å². The second-order valence-corrected chi connectivity index (χ2v) is 7.27. The zero-order valence-corrected chi connectivity index (χ0v) is 13.0. The number of carbonyl (C=O) groups excluding carboxylic acids is 1. The van der Waals surface area contributed by atoms with Crippen molar-refractivity contribution in [3.8, 4) is 0 Å². The third-order valence-electron chi connectivity index (χ3n) is 3.91. The lowest BCUT2D eigenvalue weighted by Gasteiger charge is -2.34. The van der Waals surface area contributed by atoms with E-state index in [1.165, 1.54) is 21.1 Å². The molecule has 1 fully saturated rings. The Balaban J connectivity index is 2.36. The summed E-state index contributed by atoms with van der Waals surface area (Å²) in [7, 11) is -2.02. The van der Waals surface area contributed by atoms with Crippen LogP contribution in [0.15, 0.2) is 17.2 Å². The molecule has 0 saturated carbocycles. The lowest BCUT2D eigenvalue weighted by atomic mass is 10.0. The first-order valence-corrected chi connectivity index (χ1v) is 8.50. The molecule has 2 heterocycles. The van der Waals surface area contributed by atoms with Crippen LogP contribution in [0.4, 0.5) is 0 Å². The highest BCUT2D eigenvalue weighted by Crippen LogP contribution is 2.27. The number of primary amides is 1. The maximum Gasteiger partial charge on any atom is 0.265 e. The Bertz CT molecular complexity index is 621. The fourth-order valence-electron chi connectivity index (χ4n) is 2.83. The van der Waals surface area contributed by atoms with Gasteiger partial charge in [0.05, 0.1) is 0 Å². The minimum absolute atomic E-state index is 0.0639. The molecule has 2 rings (SSSR count). The molecule has 0 radical (unpaired) electrons. The highest BCUT2D eigenvalue weighted by atomic mass is 32.2. The zero-order chi connectivity index (χ0) is 15.6. The largest absolute Gasteiger partial charge is 0.364 e. The number of sulfonamides is 1. The molecule has 0 bridgehead atoms. The van der Waals surface area contributed by atoms with E-state index in [4.69, 9.17) is 11.5 Å². The number of carbonyl (C=O) groups is 1. The molecule has 21 heavy (non-hydrogen) atoms. The van der Waals surface area contributed by atoms with Gasteiger partial charge in [-0.15, -0.1) is 0 Å². The molecule has 1 aliphatic rings. The summed E-state index contributed by atoms with van der Waals surface area (Å²) >= 11 is 0. The predicted octanol–water partition coefficient (Wildman–Crippen LogP) is 0.0160. The van der Waals surface area contributed by atoms with Crippen molar-refractivity contribution in [2.24, 2.45) is 18.5 Å². The second-order valence-electron chi connectivity index (χ2n) is 5.38. The number of aromatic nitrogens is 1. The molecule has 1 amide bonds. The van der Waals surface area contributed by atoms with Crippen molar-refractivity contribution < 1.29 is 13.2 Å². The van der Waals surface area contributed by atoms with Crippen molar-refractivity contribution in [3.05, 3.63) is 18.0 Å². The van der Waals surface area contributed by atoms with Gasteiger partial charge in [0.25, 0.3) is 5.91 Å². The number of aryl methyl sites for hydroxylation is 1. The average Bonchev–Trinajstić information content (AvgIpc) is 2.82. The van der Waals surface area contributed by atoms with Crippen LogP contribution in [-0.2, 0) is 17.1 Å². The third kappa shape index (κ3) is 3.12. The van der Waals surface area contributed by atoms with Gasteiger partial charge in [-0.1, -0.05) is 6.42 Å². The van der Waals surface area contributed by atoms with Crippen LogP contribution < -0.4 is 11.5 Å². The topological polar surface area (TPSA) is 111 Å². The number of rotatable bonds is 5. The highest BCUT2D eigenvalue weighted by Gasteiger charge is 2.34. The molecule has 1 aromatic rings. The van der Waals surface area contributed by atoms with Gasteiger partial charge < -0.3 is 16.0 Å². The van der Waals surface area contributed by atoms with E-state index in [9.17, 15) is 13.2 Å². The van der Waals surface area contributed by atoms with E-state index in [2.05, 4.69) is 0 Å². The molecule has 0 aliphatic carbocycles. The standard InChI is InChI=1S/C13H22N4O3S/c1-16-9-11(8-12(16)13(15)18)21(19,20)17-7-3-2-4-10(17)5-6-14/h8-10H,2-7,14H2,1H3,(H2,15,18). The van der Waals surface area contributed by atoms with E-state index < -0.39 is 15.9 Å². The summed E-state index contributed by atoms with van der Waals surface area (Å²) in [6.45, 7) is 0.950. The monoisotopic (exact) mass is 314 g/mol. The van der Waals surface area contributed by atoms with Crippen LogP contribution in [-0.4, -0.2) is 42.3 Å². The summed E-state index contributed by atoms with van der Waals surface area (Å²) in [5, 5.41) is 0. The first-order chi connectivity index (χ1) is 9.87. The van der Waals surface area contributed by atoms with Crippen LogP contribution in [0.1, 0.15) is 36.2 Å². The molecule has 1 aliphatic heterocycles. The number of hydrogen-bond acceptors (Lipinski definition) is 4. The minimum Gasteiger partial charge on any atom is -0.364 e. The minimum atomic E-state index is -3.62. The predicted molar refractivity (Wildman–Crippen MR) is 79.1 cm³/mol. The Hall–Kier alpha value is -1.38. The maximum atomic E-state index is 12.8. The molecule has 1 aromatic heterocycles. The van der Waals surface area contributed by atoms with Crippen molar-refractivity contribution >= 4 is 15.9 Å². The molecule has 0 spiro atoms. The summed E-state index contributed by atoms with van der Waals surface area (Å²) in [4.78, 5) is 11.4. The van der Waals surface area contributed by atoms with E-state index in [1.54, 1.807) is 7.05 Å². The van der Waals surface area contributed by atoms with E-state index in [-0.39, 0.29) is 16.6 Å². The Kier molecular flexibility index (Phi) is 4.70. The molecule has 4 N–H and O–H groups in total. The van der Waals surface area contributed by atoms with Gasteiger partial charge >= 0.3 is 0 Å². The SMILES string of the molecule is Cn1cc(S(=O)(=O)N2CCCCC2CCN)cc1C(N)=O. The van der Waals surface area contributed by atoms with Crippen LogP contribution in [0, 0.1) is 0 Å². The number of hydrogen-bond donors (Lipinski definition) is 2. The highest BCUT2D eigenvalue weighted by molar-refractivity contribution is 7.89. The van der Waals surface area contributed by atoms with Gasteiger partial charge in [-0.3, -0.25) is 4.79 Å². The van der Waals surface area contributed by atoms with Gasteiger partial charge in [-0.2, -0.15) is 4.31 Å². The lowest BCUT2D eigenvalue weighted by Crippen LogP contribution is -2.44. The van der Waals surface area contributed by atoms with Crippen LogP contribution >= 0.6 is 0 Å². The number of nitrogens with zero attached hydrogens (tertiary/aromatic N) is 2. The summed E-state index contributed by atoms with van der Waals surface area (Å²) in [5.74, 6) is -0.642. The van der Waals surface area contributed by atoms with Gasteiger partial charge in [0.2, 0.25) is 10.0 Å². The van der Waals surface area contributed by atoms with Crippen LogP contribution in [0.5, 0.6) is 0 Å². The zero-order valence-electron chi connectivity index (χ0n) is 12.2. The van der Waals surface area contributed by atoms with Crippen molar-refractivity contribution in [1.29, 1.82) is 0 Å². The number of nitrogens with two attached hydrogens (primary N) is 2. The molecular formula is C13H22N4O3S. The van der Waals surface area contributed by atoms with E-state index in [0.29, 0.717) is 19.5 Å². The lowest BCUT2D eigenvalue weighted by molar-refractivity contribution is 0.0992. The number of amides is 1. The second kappa shape index (κ2) is 6.17. The molecule has 7 nitrogen and oxygen atoms in total. The Morgan fingerprint density at radius 1 is 1.43 bits per heavy atom. The van der Waals surface area contributed by atoms with Gasteiger partial charge in [0.1, 0.15) is 10.6 Å². The smallest absolute Gasteiger partial charge is 0.265 e. The molecule has 8 heteroatoms. The summed E-state index contributed by atoms with van der Waals surface area (Å²) < 4.78 is 28.5. The van der Waals surface area contributed by atoms with Crippen LogP contribution in [0.25, 0.3) is 0 Å². The van der Waals surface area contributed by atoms with Crippen molar-refractivity contribution in [2.75, 3.05) is 13.1 Å². The third-order valence-corrected chi connectivity index (χ3v) is 5.83. The van der Waals surface area contributed by atoms with Crippen molar-refractivity contribution in [1.82, 2.24) is 8.87 Å². The fraction of sp³-hybridized carbons (Fsp3) is 0.615. The van der Waals surface area contributed by atoms with E-state index in [1.807, 2.05) is 0 Å². The first kappa shape index (κ1) is 16.0. The molecule has 1 unspecified atom stereocenters. The van der Waals surface area contributed by atoms with Gasteiger partial charge in [-0.25, -0.2) is 8.42 Å². The van der Waals surface area contributed by atoms with Crippen LogP contribution in [0.2, 0.25) is 0 Å². The van der Waals surface area contributed by atoms with E-state index >= 15 is 0 Å². The molecular weight excluding hydrogens is 292 g/mol. The number of piperidine rings is 1. The Morgan fingerprint density at radius 2 is 2.14 bits per heavy atom. The normalized spacial score (nSPS) is 20.6. The Labute approximate surface area is 124 Å². The average molecular weight is 314 g/mol. The van der Waals surface area contributed by atoms with Crippen LogP contribution in [0.3, 0.4) is 0 Å². The summed E-state index contributed by atoms with van der Waals surface area (Å²) in [5.41, 5.74) is 11.0. The summed E-state index contributed by atoms with van der Waals surface area (Å²) in [6.07, 6.45) is 4.76. The van der Waals surface area contributed by atoms with E-state index in [0.717, 1.165) is 19.3 Å².